The highest BCUT2D eigenvalue weighted by Gasteiger charge is 2.69. The Morgan fingerprint density at radius 3 is 2.17 bits per heavy atom. The third kappa shape index (κ3) is 0.981. The van der Waals surface area contributed by atoms with E-state index in [2.05, 4.69) is 0 Å². The second-order valence-corrected chi connectivity index (χ2v) is 8.12. The molecule has 4 unspecified atom stereocenters. The number of aliphatic carboxylic acids is 1. The quantitative estimate of drug-likeness (QED) is 0.812. The van der Waals surface area contributed by atoms with E-state index in [1.807, 2.05) is 0 Å². The van der Waals surface area contributed by atoms with Gasteiger partial charge in [-0.05, 0) is 85.4 Å². The lowest BCUT2D eigenvalue weighted by Crippen LogP contribution is -2.68. The average Bonchev–Trinajstić information content (AvgIpc) is 2.34. The topological polar surface area (TPSA) is 37.3 Å². The van der Waals surface area contributed by atoms with E-state index in [4.69, 9.17) is 0 Å². The van der Waals surface area contributed by atoms with Gasteiger partial charge < -0.3 is 5.11 Å². The van der Waals surface area contributed by atoms with E-state index in [1.165, 1.54) is 38.5 Å². The molecular weight excluding hydrogens is 224 g/mol. The van der Waals surface area contributed by atoms with Gasteiger partial charge in [-0.3, -0.25) is 4.79 Å². The fraction of sp³-hybridized carbons (Fsp3) is 0.938. The Balaban J connectivity index is 1.65. The molecule has 0 saturated heterocycles. The van der Waals surface area contributed by atoms with E-state index >= 15 is 0 Å². The molecule has 98 valence electrons. The molecule has 0 aromatic carbocycles. The van der Waals surface area contributed by atoms with Gasteiger partial charge in [-0.2, -0.15) is 0 Å². The van der Waals surface area contributed by atoms with Crippen molar-refractivity contribution in [2.45, 2.75) is 44.9 Å². The highest BCUT2D eigenvalue weighted by Crippen LogP contribution is 2.76. The standard InChI is InChI=1S/C16H22O2/c17-15(18)7-16-6-9-2-11-10-1-8(4-13(11)16)5-14(16)12(10)3-9/h8-14H,1-7H2,(H,17,18). The molecule has 7 aliphatic rings. The third-order valence-electron chi connectivity index (χ3n) is 7.75. The molecule has 0 aliphatic heterocycles. The fourth-order valence-electron chi connectivity index (χ4n) is 7.77. The first-order valence-corrected chi connectivity index (χ1v) is 7.89. The van der Waals surface area contributed by atoms with Crippen molar-refractivity contribution in [3.63, 3.8) is 0 Å². The van der Waals surface area contributed by atoms with Gasteiger partial charge >= 0.3 is 5.97 Å². The summed E-state index contributed by atoms with van der Waals surface area (Å²) < 4.78 is 0. The van der Waals surface area contributed by atoms with Gasteiger partial charge in [-0.15, -0.1) is 0 Å². The van der Waals surface area contributed by atoms with Gasteiger partial charge in [0.25, 0.3) is 0 Å². The van der Waals surface area contributed by atoms with E-state index in [0.717, 1.165) is 41.4 Å². The van der Waals surface area contributed by atoms with E-state index in [-0.39, 0.29) is 5.41 Å². The molecule has 7 saturated carbocycles. The van der Waals surface area contributed by atoms with Crippen LogP contribution in [0.5, 0.6) is 0 Å². The molecule has 0 amide bonds. The smallest absolute Gasteiger partial charge is 0.303 e. The number of carboxylic acid groups (broad SMARTS) is 1. The van der Waals surface area contributed by atoms with E-state index in [1.54, 1.807) is 0 Å². The molecule has 7 rings (SSSR count). The molecule has 0 heterocycles. The second kappa shape index (κ2) is 2.96. The zero-order valence-electron chi connectivity index (χ0n) is 10.8. The van der Waals surface area contributed by atoms with Crippen LogP contribution in [0.25, 0.3) is 0 Å². The average molecular weight is 246 g/mol. The van der Waals surface area contributed by atoms with Gasteiger partial charge in [-0.1, -0.05) is 0 Å². The van der Waals surface area contributed by atoms with Gasteiger partial charge in [0, 0.05) is 0 Å². The van der Waals surface area contributed by atoms with Gasteiger partial charge in [0.2, 0.25) is 0 Å². The van der Waals surface area contributed by atoms with Crippen molar-refractivity contribution < 1.29 is 9.90 Å². The van der Waals surface area contributed by atoms with Gasteiger partial charge in [-0.25, -0.2) is 0 Å². The molecule has 18 heavy (non-hydrogen) atoms. The Morgan fingerprint density at radius 2 is 1.56 bits per heavy atom. The van der Waals surface area contributed by atoms with Crippen LogP contribution in [0.4, 0.5) is 0 Å². The summed E-state index contributed by atoms with van der Waals surface area (Å²) in [7, 11) is 0. The second-order valence-electron chi connectivity index (χ2n) is 8.12. The van der Waals surface area contributed by atoms with Crippen LogP contribution in [0.1, 0.15) is 44.9 Å². The van der Waals surface area contributed by atoms with Crippen LogP contribution in [0.15, 0.2) is 0 Å². The Labute approximate surface area is 108 Å². The van der Waals surface area contributed by atoms with Crippen molar-refractivity contribution in [2.24, 2.45) is 46.8 Å². The van der Waals surface area contributed by atoms with Crippen molar-refractivity contribution in [3.05, 3.63) is 0 Å². The molecule has 7 fully saturated rings. The first-order valence-electron chi connectivity index (χ1n) is 7.89. The molecule has 1 N–H and O–H groups in total. The van der Waals surface area contributed by atoms with Crippen LogP contribution < -0.4 is 0 Å². The number of hydrogen-bond donors (Lipinski definition) is 1. The Morgan fingerprint density at radius 1 is 0.944 bits per heavy atom. The van der Waals surface area contributed by atoms with Crippen LogP contribution in [0, 0.1) is 46.8 Å². The van der Waals surface area contributed by atoms with Gasteiger partial charge in [0.15, 0.2) is 0 Å². The number of hydrogen-bond acceptors (Lipinski definition) is 1. The first kappa shape index (κ1) is 10.3. The summed E-state index contributed by atoms with van der Waals surface area (Å²) in [5.41, 5.74) is 0.246. The Kier molecular flexibility index (Phi) is 1.69. The zero-order chi connectivity index (χ0) is 12.1. The zero-order valence-corrected chi connectivity index (χ0v) is 10.8. The lowest BCUT2D eigenvalue weighted by Gasteiger charge is -2.74. The largest absolute Gasteiger partial charge is 0.481 e. The van der Waals surface area contributed by atoms with E-state index in [9.17, 15) is 9.90 Å². The summed E-state index contributed by atoms with van der Waals surface area (Å²) in [5, 5.41) is 9.41. The third-order valence-corrected chi connectivity index (χ3v) is 7.75. The maximum Gasteiger partial charge on any atom is 0.303 e. The molecule has 8 bridgehead atoms. The SMILES string of the molecule is O=C(O)CC12CC3CC4C5CC(CC41)CC2C5C3. The van der Waals surface area contributed by atoms with Crippen molar-refractivity contribution in [2.75, 3.05) is 0 Å². The first-order chi connectivity index (χ1) is 8.67. The highest BCUT2D eigenvalue weighted by atomic mass is 16.4. The van der Waals surface area contributed by atoms with E-state index in [0.29, 0.717) is 6.42 Å². The predicted molar refractivity (Wildman–Crippen MR) is 66.8 cm³/mol. The Hall–Kier alpha value is -0.530. The van der Waals surface area contributed by atoms with Crippen molar-refractivity contribution in [3.8, 4) is 0 Å². The fourth-order valence-corrected chi connectivity index (χ4v) is 7.77. The molecular formula is C16H22O2. The molecule has 0 spiro atoms. The van der Waals surface area contributed by atoms with Crippen LogP contribution in [-0.2, 0) is 4.79 Å². The molecule has 2 heteroatoms. The molecule has 0 aromatic heterocycles. The van der Waals surface area contributed by atoms with E-state index < -0.39 is 5.97 Å². The maximum atomic E-state index is 11.4. The minimum Gasteiger partial charge on any atom is -0.481 e. The summed E-state index contributed by atoms with van der Waals surface area (Å²) in [4.78, 5) is 11.4. The summed E-state index contributed by atoms with van der Waals surface area (Å²) >= 11 is 0. The van der Waals surface area contributed by atoms with Crippen molar-refractivity contribution in [1.29, 1.82) is 0 Å². The van der Waals surface area contributed by atoms with Crippen LogP contribution in [0.3, 0.4) is 0 Å². The predicted octanol–water partition coefficient (Wildman–Crippen LogP) is 3.17. The maximum absolute atomic E-state index is 11.4. The van der Waals surface area contributed by atoms with Crippen molar-refractivity contribution in [1.82, 2.24) is 0 Å². The number of carbonyl (C=O) groups is 1. The number of carboxylic acids is 1. The Bertz CT molecular complexity index is 405. The summed E-state index contributed by atoms with van der Waals surface area (Å²) in [6.45, 7) is 0. The van der Waals surface area contributed by atoms with Crippen LogP contribution in [0.2, 0.25) is 0 Å². The summed E-state index contributed by atoms with van der Waals surface area (Å²) in [5.74, 6) is 5.78. The van der Waals surface area contributed by atoms with Gasteiger partial charge in [0.05, 0.1) is 6.42 Å². The minimum absolute atomic E-state index is 0.246. The lowest BCUT2D eigenvalue weighted by molar-refractivity contribution is -0.257. The lowest BCUT2D eigenvalue weighted by atomic mass is 9.30. The normalized spacial score (nSPS) is 62.6. The highest BCUT2D eigenvalue weighted by molar-refractivity contribution is 5.68. The number of rotatable bonds is 2. The molecule has 4 atom stereocenters. The van der Waals surface area contributed by atoms with Gasteiger partial charge in [0.1, 0.15) is 0 Å². The summed E-state index contributed by atoms with van der Waals surface area (Å²) in [6, 6.07) is 0. The van der Waals surface area contributed by atoms with Crippen molar-refractivity contribution >= 4 is 5.97 Å². The summed E-state index contributed by atoms with van der Waals surface area (Å²) in [6.07, 6.45) is 8.92. The molecule has 2 nitrogen and oxygen atoms in total. The molecule has 0 radical (unpaired) electrons. The van der Waals surface area contributed by atoms with Crippen LogP contribution in [-0.4, -0.2) is 11.1 Å². The minimum atomic E-state index is -0.525. The van der Waals surface area contributed by atoms with Crippen LogP contribution >= 0.6 is 0 Å². The molecule has 0 aromatic rings. The molecule has 7 aliphatic carbocycles. The monoisotopic (exact) mass is 246 g/mol.